The molecule has 0 aromatic heterocycles. The number of anilines is 1. The maximum absolute atomic E-state index is 11.7. The number of rotatable bonds is 4. The fourth-order valence-corrected chi connectivity index (χ4v) is 1.62. The van der Waals surface area contributed by atoms with Gasteiger partial charge in [0.1, 0.15) is 5.60 Å². The number of benzene rings is 1. The molecule has 2 N–H and O–H groups in total. The summed E-state index contributed by atoms with van der Waals surface area (Å²) in [6, 6.07) is 5.49. The Kier molecular flexibility index (Phi) is 5.13. The van der Waals surface area contributed by atoms with E-state index in [4.69, 9.17) is 9.84 Å². The van der Waals surface area contributed by atoms with Gasteiger partial charge < -0.3 is 9.84 Å². The van der Waals surface area contributed by atoms with Crippen LogP contribution in [0, 0.1) is 6.92 Å². The largest absolute Gasteiger partial charge is 0.481 e. The molecule has 0 unspecified atom stereocenters. The van der Waals surface area contributed by atoms with E-state index in [2.05, 4.69) is 5.32 Å². The molecular formula is C15H21NO4. The van der Waals surface area contributed by atoms with Gasteiger partial charge in [-0.2, -0.15) is 0 Å². The third-order valence-electron chi connectivity index (χ3n) is 2.57. The van der Waals surface area contributed by atoms with Gasteiger partial charge in [0.2, 0.25) is 0 Å². The van der Waals surface area contributed by atoms with Crippen LogP contribution in [0.2, 0.25) is 0 Å². The number of amides is 1. The first-order valence-electron chi connectivity index (χ1n) is 6.49. The Bertz CT molecular complexity index is 503. The van der Waals surface area contributed by atoms with Crippen molar-refractivity contribution in [3.8, 4) is 0 Å². The zero-order valence-electron chi connectivity index (χ0n) is 12.3. The van der Waals surface area contributed by atoms with Gasteiger partial charge >= 0.3 is 12.1 Å². The molecule has 0 aliphatic heterocycles. The molecule has 1 rings (SSSR count). The summed E-state index contributed by atoms with van der Waals surface area (Å²) in [4.78, 5) is 22.3. The number of carboxylic acid groups (broad SMARTS) is 1. The summed E-state index contributed by atoms with van der Waals surface area (Å²) in [5.41, 5.74) is 1.85. The molecule has 110 valence electrons. The van der Waals surface area contributed by atoms with Crippen molar-refractivity contribution < 1.29 is 19.4 Å². The molecule has 0 fully saturated rings. The Morgan fingerprint density at radius 1 is 1.30 bits per heavy atom. The molecule has 0 radical (unpaired) electrons. The van der Waals surface area contributed by atoms with Gasteiger partial charge in [0.15, 0.2) is 0 Å². The first-order chi connectivity index (χ1) is 9.17. The second-order valence-electron chi connectivity index (χ2n) is 5.67. The molecule has 20 heavy (non-hydrogen) atoms. The molecule has 0 saturated carbocycles. The third-order valence-corrected chi connectivity index (χ3v) is 2.57. The zero-order chi connectivity index (χ0) is 15.3. The molecule has 1 amide bonds. The van der Waals surface area contributed by atoms with E-state index < -0.39 is 17.7 Å². The standard InChI is InChI=1S/C15H21NO4/c1-10-5-6-11(7-8-13(17)18)9-12(10)16-14(19)20-15(2,3)4/h5-6,9H,7-8H2,1-4H3,(H,16,19)(H,17,18). The predicted octanol–water partition coefficient (Wildman–Crippen LogP) is 3.36. The van der Waals surface area contributed by atoms with Gasteiger partial charge in [-0.3, -0.25) is 10.1 Å². The normalized spacial score (nSPS) is 11.0. The van der Waals surface area contributed by atoms with Crippen LogP contribution in [-0.4, -0.2) is 22.8 Å². The van der Waals surface area contributed by atoms with Gasteiger partial charge in [-0.15, -0.1) is 0 Å². The number of aliphatic carboxylic acids is 1. The van der Waals surface area contributed by atoms with Crippen molar-refractivity contribution in [3.63, 3.8) is 0 Å². The monoisotopic (exact) mass is 279 g/mol. The number of carbonyl (C=O) groups is 2. The van der Waals surface area contributed by atoms with Gasteiger partial charge in [-0.25, -0.2) is 4.79 Å². The summed E-state index contributed by atoms with van der Waals surface area (Å²) in [6.45, 7) is 7.25. The zero-order valence-corrected chi connectivity index (χ0v) is 12.3. The van der Waals surface area contributed by atoms with Crippen molar-refractivity contribution in [2.75, 3.05) is 5.32 Å². The number of carbonyl (C=O) groups excluding carboxylic acids is 1. The van der Waals surface area contributed by atoms with E-state index in [0.29, 0.717) is 12.1 Å². The summed E-state index contributed by atoms with van der Waals surface area (Å²) in [5, 5.41) is 11.4. The Balaban J connectivity index is 2.76. The van der Waals surface area contributed by atoms with Crippen molar-refractivity contribution in [1.82, 2.24) is 0 Å². The lowest BCUT2D eigenvalue weighted by atomic mass is 10.1. The van der Waals surface area contributed by atoms with Crippen molar-refractivity contribution in [2.45, 2.75) is 46.1 Å². The van der Waals surface area contributed by atoms with E-state index in [9.17, 15) is 9.59 Å². The van der Waals surface area contributed by atoms with E-state index >= 15 is 0 Å². The second kappa shape index (κ2) is 6.41. The lowest BCUT2D eigenvalue weighted by Crippen LogP contribution is -2.27. The van der Waals surface area contributed by atoms with Crippen molar-refractivity contribution >= 4 is 17.7 Å². The SMILES string of the molecule is Cc1ccc(CCC(=O)O)cc1NC(=O)OC(C)(C)C. The van der Waals surface area contributed by atoms with Crippen LogP contribution >= 0.6 is 0 Å². The van der Waals surface area contributed by atoms with E-state index in [1.807, 2.05) is 19.1 Å². The summed E-state index contributed by atoms with van der Waals surface area (Å²) in [5.74, 6) is -0.841. The maximum Gasteiger partial charge on any atom is 0.412 e. The molecule has 1 aromatic rings. The maximum atomic E-state index is 11.7. The van der Waals surface area contributed by atoms with Gasteiger partial charge in [0, 0.05) is 12.1 Å². The summed E-state index contributed by atoms with van der Waals surface area (Å²) < 4.78 is 5.19. The van der Waals surface area contributed by atoms with Crippen LogP contribution in [0.3, 0.4) is 0 Å². The molecule has 5 nitrogen and oxygen atoms in total. The van der Waals surface area contributed by atoms with E-state index in [1.165, 1.54) is 0 Å². The lowest BCUT2D eigenvalue weighted by Gasteiger charge is -2.20. The summed E-state index contributed by atoms with van der Waals surface area (Å²) in [7, 11) is 0. The van der Waals surface area contributed by atoms with Crippen LogP contribution in [0.4, 0.5) is 10.5 Å². The van der Waals surface area contributed by atoms with E-state index in [1.54, 1.807) is 26.8 Å². The second-order valence-corrected chi connectivity index (χ2v) is 5.67. The first kappa shape index (κ1) is 16.0. The highest BCUT2D eigenvalue weighted by Crippen LogP contribution is 2.19. The molecule has 0 saturated heterocycles. The van der Waals surface area contributed by atoms with Crippen LogP contribution in [0.15, 0.2) is 18.2 Å². The highest BCUT2D eigenvalue weighted by atomic mass is 16.6. The number of hydrogen-bond donors (Lipinski definition) is 2. The Labute approximate surface area is 118 Å². The van der Waals surface area contributed by atoms with Crippen LogP contribution in [0.25, 0.3) is 0 Å². The number of nitrogens with one attached hydrogen (secondary N) is 1. The van der Waals surface area contributed by atoms with Crippen molar-refractivity contribution in [1.29, 1.82) is 0 Å². The average molecular weight is 279 g/mol. The van der Waals surface area contributed by atoms with Crippen LogP contribution in [-0.2, 0) is 16.0 Å². The van der Waals surface area contributed by atoms with Crippen LogP contribution < -0.4 is 5.32 Å². The number of ether oxygens (including phenoxy) is 1. The Morgan fingerprint density at radius 3 is 2.50 bits per heavy atom. The molecule has 5 heteroatoms. The van der Waals surface area contributed by atoms with Gasteiger partial charge in [0.05, 0.1) is 0 Å². The quantitative estimate of drug-likeness (QED) is 0.886. The Hall–Kier alpha value is -2.04. The highest BCUT2D eigenvalue weighted by Gasteiger charge is 2.16. The lowest BCUT2D eigenvalue weighted by molar-refractivity contribution is -0.136. The molecule has 0 aliphatic rings. The van der Waals surface area contributed by atoms with E-state index in [-0.39, 0.29) is 6.42 Å². The smallest absolute Gasteiger partial charge is 0.412 e. The minimum atomic E-state index is -0.841. The number of hydrogen-bond acceptors (Lipinski definition) is 3. The molecule has 0 bridgehead atoms. The van der Waals surface area contributed by atoms with Gasteiger partial charge in [0.25, 0.3) is 0 Å². The number of carboxylic acids is 1. The van der Waals surface area contributed by atoms with Crippen LogP contribution in [0.1, 0.15) is 38.3 Å². The molecule has 0 heterocycles. The van der Waals surface area contributed by atoms with Gasteiger partial charge in [-0.05, 0) is 51.3 Å². The number of aryl methyl sites for hydroxylation is 2. The first-order valence-corrected chi connectivity index (χ1v) is 6.49. The minimum absolute atomic E-state index is 0.0644. The molecule has 0 aliphatic carbocycles. The average Bonchev–Trinajstić information content (AvgIpc) is 2.27. The Morgan fingerprint density at radius 2 is 1.95 bits per heavy atom. The molecular weight excluding hydrogens is 258 g/mol. The molecule has 0 spiro atoms. The van der Waals surface area contributed by atoms with Crippen LogP contribution in [0.5, 0.6) is 0 Å². The fourth-order valence-electron chi connectivity index (χ4n) is 1.62. The highest BCUT2D eigenvalue weighted by molar-refractivity contribution is 5.86. The van der Waals surface area contributed by atoms with Crippen molar-refractivity contribution in [3.05, 3.63) is 29.3 Å². The fraction of sp³-hybridized carbons (Fsp3) is 0.467. The summed E-state index contributed by atoms with van der Waals surface area (Å²) >= 11 is 0. The minimum Gasteiger partial charge on any atom is -0.481 e. The van der Waals surface area contributed by atoms with Gasteiger partial charge in [-0.1, -0.05) is 12.1 Å². The molecule has 0 atom stereocenters. The molecule has 1 aromatic carbocycles. The topological polar surface area (TPSA) is 75.6 Å². The predicted molar refractivity (Wildman–Crippen MR) is 77.0 cm³/mol. The third kappa shape index (κ3) is 5.73. The van der Waals surface area contributed by atoms with Crippen molar-refractivity contribution in [2.24, 2.45) is 0 Å². The summed E-state index contributed by atoms with van der Waals surface area (Å²) in [6.07, 6.45) is -0.0240. The van der Waals surface area contributed by atoms with E-state index in [0.717, 1.165) is 11.1 Å².